The first-order valence-electron chi connectivity index (χ1n) is 7.00. The van der Waals surface area contributed by atoms with Crippen molar-refractivity contribution in [2.75, 3.05) is 33.2 Å². The first-order valence-corrected chi connectivity index (χ1v) is 8.67. The van der Waals surface area contributed by atoms with Gasteiger partial charge in [0.05, 0.1) is 6.04 Å². The Balaban J connectivity index is 1.94. The first kappa shape index (κ1) is 15.4. The van der Waals surface area contributed by atoms with Crippen LogP contribution in [0.3, 0.4) is 0 Å². The van der Waals surface area contributed by atoms with Crippen LogP contribution in [0.5, 0.6) is 0 Å². The maximum absolute atomic E-state index is 6.20. The molecule has 0 amide bonds. The Labute approximate surface area is 128 Å². The number of hydrogen-bond donors (Lipinski definition) is 1. The topological polar surface area (TPSA) is 32.5 Å². The lowest BCUT2D eigenvalue weighted by atomic mass is 10.1. The fourth-order valence-corrected chi connectivity index (χ4v) is 4.53. The van der Waals surface area contributed by atoms with Crippen molar-refractivity contribution in [2.24, 2.45) is 5.73 Å². The largest absolute Gasteiger partial charge is 0.326 e. The normalized spacial score (nSPS) is 20.1. The third-order valence-corrected chi connectivity index (χ3v) is 5.58. The molecule has 0 aliphatic carbocycles. The minimum Gasteiger partial charge on any atom is -0.326 e. The van der Waals surface area contributed by atoms with Gasteiger partial charge in [0.15, 0.2) is 0 Å². The number of halogens is 1. The average Bonchev–Trinajstić information content (AvgIpc) is 2.98. The molecule has 19 heavy (non-hydrogen) atoms. The van der Waals surface area contributed by atoms with Crippen molar-refractivity contribution < 1.29 is 0 Å². The molecular weight excluding hydrogens is 322 g/mol. The maximum atomic E-state index is 6.20. The van der Waals surface area contributed by atoms with Gasteiger partial charge in [0.25, 0.3) is 0 Å². The summed E-state index contributed by atoms with van der Waals surface area (Å²) >= 11 is 5.32. The van der Waals surface area contributed by atoms with Gasteiger partial charge in [-0.15, -0.1) is 11.3 Å². The van der Waals surface area contributed by atoms with Crippen LogP contribution >= 0.6 is 27.3 Å². The van der Waals surface area contributed by atoms with Gasteiger partial charge in [0, 0.05) is 33.9 Å². The highest BCUT2D eigenvalue weighted by molar-refractivity contribution is 9.10. The van der Waals surface area contributed by atoms with E-state index in [0.717, 1.165) is 17.6 Å². The highest BCUT2D eigenvalue weighted by Gasteiger charge is 2.23. The summed E-state index contributed by atoms with van der Waals surface area (Å²) < 4.78 is 1.16. The zero-order chi connectivity index (χ0) is 13.8. The summed E-state index contributed by atoms with van der Waals surface area (Å²) in [5, 5.41) is 2.14. The molecular formula is C14H24BrN3S. The minimum absolute atomic E-state index is 0.147. The van der Waals surface area contributed by atoms with E-state index >= 15 is 0 Å². The molecule has 108 valence electrons. The fourth-order valence-electron chi connectivity index (χ4n) is 2.81. The smallest absolute Gasteiger partial charge is 0.0589 e. The molecule has 1 saturated heterocycles. The average molecular weight is 346 g/mol. The van der Waals surface area contributed by atoms with Gasteiger partial charge in [-0.05, 0) is 61.9 Å². The van der Waals surface area contributed by atoms with E-state index in [2.05, 4.69) is 51.1 Å². The van der Waals surface area contributed by atoms with Crippen molar-refractivity contribution >= 4 is 27.3 Å². The van der Waals surface area contributed by atoms with Gasteiger partial charge in [-0.3, -0.25) is 4.90 Å². The van der Waals surface area contributed by atoms with Crippen molar-refractivity contribution in [3.05, 3.63) is 20.8 Å². The zero-order valence-electron chi connectivity index (χ0n) is 11.8. The number of likely N-dealkylation sites (tertiary alicyclic amines) is 1. The SMILES string of the molecule is CC(N)C(c1cc(Br)cs1)N(C)CCN1CCCC1. The highest BCUT2D eigenvalue weighted by Crippen LogP contribution is 2.30. The summed E-state index contributed by atoms with van der Waals surface area (Å²) in [5.74, 6) is 0. The van der Waals surface area contributed by atoms with Crippen LogP contribution in [-0.4, -0.2) is 49.1 Å². The summed E-state index contributed by atoms with van der Waals surface area (Å²) in [6.45, 7) is 6.88. The molecule has 2 unspecified atom stereocenters. The lowest BCUT2D eigenvalue weighted by Gasteiger charge is -2.31. The molecule has 1 aromatic heterocycles. The summed E-state index contributed by atoms with van der Waals surface area (Å²) in [4.78, 5) is 6.31. The van der Waals surface area contributed by atoms with E-state index in [1.165, 1.54) is 30.8 Å². The van der Waals surface area contributed by atoms with Crippen molar-refractivity contribution in [1.29, 1.82) is 0 Å². The van der Waals surface area contributed by atoms with Gasteiger partial charge in [-0.1, -0.05) is 0 Å². The van der Waals surface area contributed by atoms with Crippen LogP contribution in [0.15, 0.2) is 15.9 Å². The van der Waals surface area contributed by atoms with Gasteiger partial charge in [-0.25, -0.2) is 0 Å². The Bertz CT molecular complexity index is 388. The van der Waals surface area contributed by atoms with Crippen LogP contribution in [0.1, 0.15) is 30.7 Å². The molecule has 3 nitrogen and oxygen atoms in total. The standard InChI is InChI=1S/C14H24BrN3S/c1-11(16)14(13-9-12(15)10-19-13)17(2)7-8-18-5-3-4-6-18/h9-11,14H,3-8,16H2,1-2H3. The number of thiophene rings is 1. The molecule has 1 aromatic rings. The number of rotatable bonds is 6. The van der Waals surface area contributed by atoms with E-state index in [1.54, 1.807) is 11.3 Å². The molecule has 2 N–H and O–H groups in total. The monoisotopic (exact) mass is 345 g/mol. The predicted octanol–water partition coefficient (Wildman–Crippen LogP) is 2.93. The van der Waals surface area contributed by atoms with Crippen LogP contribution in [0.25, 0.3) is 0 Å². The molecule has 0 spiro atoms. The Morgan fingerprint density at radius 1 is 1.47 bits per heavy atom. The molecule has 2 atom stereocenters. The molecule has 5 heteroatoms. The summed E-state index contributed by atoms with van der Waals surface area (Å²) in [5.41, 5.74) is 6.20. The molecule has 0 saturated carbocycles. The second kappa shape index (κ2) is 7.18. The Morgan fingerprint density at radius 2 is 2.16 bits per heavy atom. The van der Waals surface area contributed by atoms with Crippen molar-refractivity contribution in [3.63, 3.8) is 0 Å². The summed E-state index contributed by atoms with van der Waals surface area (Å²) in [6, 6.07) is 2.67. The first-order chi connectivity index (χ1) is 9.08. The van der Waals surface area contributed by atoms with Gasteiger partial charge in [-0.2, -0.15) is 0 Å². The number of nitrogens with two attached hydrogens (primary N) is 1. The van der Waals surface area contributed by atoms with Crippen LogP contribution in [0, 0.1) is 0 Å². The van der Waals surface area contributed by atoms with Gasteiger partial charge in [0.2, 0.25) is 0 Å². The van der Waals surface area contributed by atoms with Crippen LogP contribution < -0.4 is 5.73 Å². The van der Waals surface area contributed by atoms with E-state index in [-0.39, 0.29) is 6.04 Å². The summed E-state index contributed by atoms with van der Waals surface area (Å²) in [7, 11) is 2.19. The van der Waals surface area contributed by atoms with Crippen LogP contribution in [0.4, 0.5) is 0 Å². The second-order valence-corrected chi connectivity index (χ2v) is 7.36. The molecule has 0 aromatic carbocycles. The highest BCUT2D eigenvalue weighted by atomic mass is 79.9. The molecule has 0 bridgehead atoms. The Hall–Kier alpha value is 0.0600. The fraction of sp³-hybridized carbons (Fsp3) is 0.714. The third kappa shape index (κ3) is 4.26. The summed E-state index contributed by atoms with van der Waals surface area (Å²) in [6.07, 6.45) is 2.72. The zero-order valence-corrected chi connectivity index (χ0v) is 14.2. The molecule has 1 fully saturated rings. The van der Waals surface area contributed by atoms with E-state index < -0.39 is 0 Å². The van der Waals surface area contributed by atoms with Gasteiger partial charge >= 0.3 is 0 Å². The van der Waals surface area contributed by atoms with Crippen molar-refractivity contribution in [3.8, 4) is 0 Å². The maximum Gasteiger partial charge on any atom is 0.0589 e. The van der Waals surface area contributed by atoms with E-state index in [9.17, 15) is 0 Å². The van der Waals surface area contributed by atoms with Crippen molar-refractivity contribution in [2.45, 2.75) is 31.8 Å². The molecule has 1 aliphatic rings. The molecule has 0 radical (unpaired) electrons. The second-order valence-electron chi connectivity index (χ2n) is 5.50. The van der Waals surface area contributed by atoms with Crippen LogP contribution in [0.2, 0.25) is 0 Å². The van der Waals surface area contributed by atoms with Gasteiger partial charge in [0.1, 0.15) is 0 Å². The Kier molecular flexibility index (Phi) is 5.84. The van der Waals surface area contributed by atoms with Gasteiger partial charge < -0.3 is 10.6 Å². The quantitative estimate of drug-likeness (QED) is 0.860. The molecule has 1 aliphatic heterocycles. The predicted molar refractivity (Wildman–Crippen MR) is 86.7 cm³/mol. The lowest BCUT2D eigenvalue weighted by Crippen LogP contribution is -2.40. The number of likely N-dealkylation sites (N-methyl/N-ethyl adjacent to an activating group) is 1. The molecule has 2 rings (SSSR count). The Morgan fingerprint density at radius 3 is 2.68 bits per heavy atom. The number of hydrogen-bond acceptors (Lipinski definition) is 4. The van der Waals surface area contributed by atoms with Crippen LogP contribution in [-0.2, 0) is 0 Å². The number of nitrogens with zero attached hydrogens (tertiary/aromatic N) is 2. The lowest BCUT2D eigenvalue weighted by molar-refractivity contribution is 0.191. The van der Waals surface area contributed by atoms with E-state index in [1.807, 2.05) is 0 Å². The van der Waals surface area contributed by atoms with Crippen molar-refractivity contribution in [1.82, 2.24) is 9.80 Å². The van der Waals surface area contributed by atoms with E-state index in [0.29, 0.717) is 6.04 Å². The molecule has 2 heterocycles. The van der Waals surface area contributed by atoms with E-state index in [4.69, 9.17) is 5.73 Å². The minimum atomic E-state index is 0.147. The third-order valence-electron chi connectivity index (χ3n) is 3.82.